The van der Waals surface area contributed by atoms with Gasteiger partial charge in [0.2, 0.25) is 15.9 Å². The summed E-state index contributed by atoms with van der Waals surface area (Å²) in [6.07, 6.45) is 7.39. The number of anilines is 1. The number of carbonyl (C=O) groups excluding carboxylic acids is 1. The van der Waals surface area contributed by atoms with Crippen molar-refractivity contribution in [3.63, 3.8) is 0 Å². The largest absolute Gasteiger partial charge is 0.356 e. The van der Waals surface area contributed by atoms with E-state index in [-0.39, 0.29) is 5.91 Å². The number of hydrogen-bond donors (Lipinski definition) is 1. The second-order valence-corrected chi connectivity index (χ2v) is 9.05. The molecule has 0 aliphatic rings. The van der Waals surface area contributed by atoms with Crippen LogP contribution < -0.4 is 9.62 Å². The summed E-state index contributed by atoms with van der Waals surface area (Å²) >= 11 is 0. The summed E-state index contributed by atoms with van der Waals surface area (Å²) < 4.78 is 25.9. The Labute approximate surface area is 165 Å². The summed E-state index contributed by atoms with van der Waals surface area (Å²) in [4.78, 5) is 12.1. The maximum absolute atomic E-state index is 12.3. The van der Waals surface area contributed by atoms with Crippen LogP contribution in [0.2, 0.25) is 0 Å². The molecule has 5 nitrogen and oxygen atoms in total. The Bertz CT molecular complexity index is 674. The van der Waals surface area contributed by atoms with E-state index >= 15 is 0 Å². The van der Waals surface area contributed by atoms with Crippen molar-refractivity contribution in [2.45, 2.75) is 65.7 Å². The number of para-hydroxylation sites is 1. The molecule has 0 saturated carbocycles. The van der Waals surface area contributed by atoms with Gasteiger partial charge >= 0.3 is 0 Å². The van der Waals surface area contributed by atoms with E-state index in [0.717, 1.165) is 24.8 Å². The maximum atomic E-state index is 12.3. The summed E-state index contributed by atoms with van der Waals surface area (Å²) in [6, 6.07) is 7.54. The third-order valence-corrected chi connectivity index (χ3v) is 6.12. The van der Waals surface area contributed by atoms with Gasteiger partial charge in [-0.3, -0.25) is 9.10 Å². The van der Waals surface area contributed by atoms with Gasteiger partial charge in [-0.15, -0.1) is 0 Å². The van der Waals surface area contributed by atoms with Gasteiger partial charge in [0.1, 0.15) is 0 Å². The molecular formula is C21H36N2O3S. The lowest BCUT2D eigenvalue weighted by Gasteiger charge is -2.24. The molecule has 1 aromatic rings. The average molecular weight is 397 g/mol. The molecule has 0 spiro atoms. The zero-order valence-electron chi connectivity index (χ0n) is 17.3. The molecule has 27 heavy (non-hydrogen) atoms. The van der Waals surface area contributed by atoms with Crippen LogP contribution in [0.5, 0.6) is 0 Å². The minimum absolute atomic E-state index is 0.00201. The van der Waals surface area contributed by atoms with Crippen LogP contribution in [0.1, 0.15) is 64.9 Å². The second-order valence-electron chi connectivity index (χ2n) is 7.14. The number of carbonyl (C=O) groups is 1. The van der Waals surface area contributed by atoms with Gasteiger partial charge in [-0.1, -0.05) is 58.2 Å². The van der Waals surface area contributed by atoms with Crippen LogP contribution in [0.15, 0.2) is 24.3 Å². The van der Waals surface area contributed by atoms with Crippen LogP contribution in [0.25, 0.3) is 0 Å². The van der Waals surface area contributed by atoms with Gasteiger partial charge in [0.05, 0.1) is 11.9 Å². The topological polar surface area (TPSA) is 66.5 Å². The first-order chi connectivity index (χ1) is 12.8. The summed E-state index contributed by atoms with van der Waals surface area (Å²) in [5.41, 5.74) is 1.71. The van der Waals surface area contributed by atoms with Crippen LogP contribution in [-0.4, -0.2) is 33.7 Å². The number of amides is 1. The van der Waals surface area contributed by atoms with Crippen molar-refractivity contribution in [1.82, 2.24) is 5.32 Å². The number of benzene rings is 1. The predicted octanol–water partition coefficient (Wildman–Crippen LogP) is 4.13. The third-order valence-electron chi connectivity index (χ3n) is 4.94. The SMILES string of the molecule is CCCC[C@H](CC)CNC(=O)CCCN(c1ccccc1CC)S(C)(=O)=O. The predicted molar refractivity (Wildman–Crippen MR) is 114 cm³/mol. The summed E-state index contributed by atoms with van der Waals surface area (Å²) in [6.45, 7) is 7.37. The zero-order chi connectivity index (χ0) is 20.3. The molecule has 0 aliphatic carbocycles. The molecule has 1 rings (SSSR count). The lowest BCUT2D eigenvalue weighted by molar-refractivity contribution is -0.121. The Morgan fingerprint density at radius 1 is 1.15 bits per heavy atom. The van der Waals surface area contributed by atoms with Gasteiger partial charge < -0.3 is 5.32 Å². The molecule has 0 aromatic heterocycles. The maximum Gasteiger partial charge on any atom is 0.232 e. The van der Waals surface area contributed by atoms with Crippen LogP contribution in [-0.2, 0) is 21.2 Å². The molecule has 1 atom stereocenters. The highest BCUT2D eigenvalue weighted by molar-refractivity contribution is 7.92. The molecular weight excluding hydrogens is 360 g/mol. The number of rotatable bonds is 13. The molecule has 0 heterocycles. The molecule has 1 amide bonds. The lowest BCUT2D eigenvalue weighted by Crippen LogP contribution is -2.33. The highest BCUT2D eigenvalue weighted by Gasteiger charge is 2.19. The van der Waals surface area contributed by atoms with E-state index in [1.165, 1.54) is 23.4 Å². The first kappa shape index (κ1) is 23.5. The molecule has 6 heteroatoms. The highest BCUT2D eigenvalue weighted by Crippen LogP contribution is 2.23. The van der Waals surface area contributed by atoms with Crippen LogP contribution in [0.4, 0.5) is 5.69 Å². The van der Waals surface area contributed by atoms with E-state index in [0.29, 0.717) is 37.5 Å². The Hall–Kier alpha value is -1.56. The van der Waals surface area contributed by atoms with Gasteiger partial charge in [0, 0.05) is 19.5 Å². The Balaban J connectivity index is 2.59. The highest BCUT2D eigenvalue weighted by atomic mass is 32.2. The molecule has 0 radical (unpaired) electrons. The second kappa shape index (κ2) is 12.0. The fourth-order valence-electron chi connectivity index (χ4n) is 3.19. The molecule has 154 valence electrons. The molecule has 0 bridgehead atoms. The first-order valence-corrected chi connectivity index (χ1v) is 12.0. The van der Waals surface area contributed by atoms with Crippen molar-refractivity contribution < 1.29 is 13.2 Å². The van der Waals surface area contributed by atoms with Gasteiger partial charge in [0.25, 0.3) is 0 Å². The zero-order valence-corrected chi connectivity index (χ0v) is 18.1. The van der Waals surface area contributed by atoms with Crippen molar-refractivity contribution in [3.8, 4) is 0 Å². The normalized spacial score (nSPS) is 12.6. The van der Waals surface area contributed by atoms with E-state index in [9.17, 15) is 13.2 Å². The smallest absolute Gasteiger partial charge is 0.232 e. The van der Waals surface area contributed by atoms with Crippen LogP contribution in [0, 0.1) is 5.92 Å². The van der Waals surface area contributed by atoms with Gasteiger partial charge in [-0.2, -0.15) is 0 Å². The number of sulfonamides is 1. The van der Waals surface area contributed by atoms with Gasteiger partial charge in [0.15, 0.2) is 0 Å². The number of unbranched alkanes of at least 4 members (excludes halogenated alkanes) is 1. The van der Waals surface area contributed by atoms with E-state index in [4.69, 9.17) is 0 Å². The van der Waals surface area contributed by atoms with E-state index in [2.05, 4.69) is 19.2 Å². The van der Waals surface area contributed by atoms with Crippen molar-refractivity contribution in [2.24, 2.45) is 5.92 Å². The van der Waals surface area contributed by atoms with Crippen molar-refractivity contribution in [1.29, 1.82) is 0 Å². The molecule has 0 aliphatic heterocycles. The minimum atomic E-state index is -3.39. The van der Waals surface area contributed by atoms with E-state index in [1.807, 2.05) is 31.2 Å². The Morgan fingerprint density at radius 3 is 2.44 bits per heavy atom. The summed E-state index contributed by atoms with van der Waals surface area (Å²) in [5, 5.41) is 3.01. The fourth-order valence-corrected chi connectivity index (χ4v) is 4.19. The van der Waals surface area contributed by atoms with Crippen LogP contribution >= 0.6 is 0 Å². The number of nitrogens with zero attached hydrogens (tertiary/aromatic N) is 1. The first-order valence-electron chi connectivity index (χ1n) is 10.2. The van der Waals surface area contributed by atoms with Gasteiger partial charge in [-0.25, -0.2) is 8.42 Å². The Morgan fingerprint density at radius 2 is 1.85 bits per heavy atom. The third kappa shape index (κ3) is 8.33. The number of nitrogens with one attached hydrogen (secondary N) is 1. The molecule has 0 saturated heterocycles. The Kier molecular flexibility index (Phi) is 10.4. The minimum Gasteiger partial charge on any atom is -0.356 e. The fraction of sp³-hybridized carbons (Fsp3) is 0.667. The number of hydrogen-bond acceptors (Lipinski definition) is 3. The van der Waals surface area contributed by atoms with Crippen molar-refractivity contribution in [3.05, 3.63) is 29.8 Å². The van der Waals surface area contributed by atoms with Gasteiger partial charge in [-0.05, 0) is 36.8 Å². The summed E-state index contributed by atoms with van der Waals surface area (Å²) in [7, 11) is -3.39. The quantitative estimate of drug-likeness (QED) is 0.545. The standard InChI is InChI=1S/C21H36N2O3S/c1-5-8-12-18(6-2)17-22-21(24)15-11-16-23(27(4,25)26)20-14-10-9-13-19(20)7-3/h9-10,13-14,18H,5-8,11-12,15-17H2,1-4H3,(H,22,24)/t18-/m0/s1. The number of aryl methyl sites for hydroxylation is 1. The van der Waals surface area contributed by atoms with Crippen molar-refractivity contribution >= 4 is 21.6 Å². The van der Waals surface area contributed by atoms with E-state index < -0.39 is 10.0 Å². The monoisotopic (exact) mass is 396 g/mol. The molecule has 0 fully saturated rings. The molecule has 1 N–H and O–H groups in total. The molecule has 1 aromatic carbocycles. The van der Waals surface area contributed by atoms with E-state index in [1.54, 1.807) is 0 Å². The van der Waals surface area contributed by atoms with Crippen LogP contribution in [0.3, 0.4) is 0 Å². The lowest BCUT2D eigenvalue weighted by atomic mass is 9.99. The van der Waals surface area contributed by atoms with Crippen molar-refractivity contribution in [2.75, 3.05) is 23.7 Å². The average Bonchev–Trinajstić information content (AvgIpc) is 2.64. The summed E-state index contributed by atoms with van der Waals surface area (Å²) in [5.74, 6) is 0.528. The molecule has 0 unspecified atom stereocenters.